The first-order valence-corrected chi connectivity index (χ1v) is 14.4. The van der Waals surface area contributed by atoms with Gasteiger partial charge in [0.15, 0.2) is 17.7 Å². The zero-order valence-electron chi connectivity index (χ0n) is 24.6. The molecule has 0 aromatic heterocycles. The second-order valence-electron chi connectivity index (χ2n) is 12.8. The van der Waals surface area contributed by atoms with Gasteiger partial charge in [0.25, 0.3) is 0 Å². The lowest BCUT2D eigenvalue weighted by atomic mass is 9.40. The Hall–Kier alpha value is -3.03. The van der Waals surface area contributed by atoms with Crippen molar-refractivity contribution in [3.63, 3.8) is 0 Å². The average Bonchev–Trinajstić information content (AvgIpc) is 3.13. The number of allylic oxidation sites excluding steroid dienone is 4. The number of fused-ring (bicyclic) bond motifs is 5. The summed E-state index contributed by atoms with van der Waals surface area (Å²) >= 11 is 0. The largest absolute Gasteiger partial charge is 0.478 e. The van der Waals surface area contributed by atoms with Crippen LogP contribution >= 0.6 is 0 Å². The number of hydrogen-bond donors (Lipinski definition) is 1. The van der Waals surface area contributed by atoms with Crippen molar-refractivity contribution in [1.29, 1.82) is 0 Å². The number of Topliss-reactive ketones (excluding diaryl/α,β-unsaturated/α-hetero) is 1. The Morgan fingerprint density at radius 3 is 2.27 bits per heavy atom. The van der Waals surface area contributed by atoms with Crippen molar-refractivity contribution in [2.75, 3.05) is 0 Å². The van der Waals surface area contributed by atoms with Crippen molar-refractivity contribution >= 4 is 29.5 Å². The minimum absolute atomic E-state index is 0.0850. The lowest BCUT2D eigenvalue weighted by molar-refractivity contribution is -0.194. The molecule has 3 saturated carbocycles. The number of rotatable bonds is 6. The lowest BCUT2D eigenvalue weighted by Crippen LogP contribution is -2.66. The molecule has 8 nitrogen and oxygen atoms in total. The fraction of sp³-hybridized carbons (Fsp3) is 0.656. The number of carboxylic acids is 1. The van der Waals surface area contributed by atoms with Gasteiger partial charge in [-0.2, -0.15) is 0 Å². The SMILES string of the molecule is CC(=O)OC1C[C@]2(C)[C@H](CC[C@@H]3[C@H]4C=CC(=O)C(C)C4C(OC(C)=O)C(=O)[C@]32C)C1=C(CCC=C(C)C)C(=O)O. The Bertz CT molecular complexity index is 1220. The zero-order chi connectivity index (χ0) is 29.7. The van der Waals surface area contributed by atoms with Gasteiger partial charge in [0.2, 0.25) is 0 Å². The van der Waals surface area contributed by atoms with E-state index < -0.39 is 52.8 Å². The fourth-order valence-electron chi connectivity index (χ4n) is 8.60. The number of carboxylic acid groups (broad SMARTS) is 1. The van der Waals surface area contributed by atoms with Crippen LogP contribution in [0, 0.1) is 40.4 Å². The molecular weight excluding hydrogens is 512 g/mol. The summed E-state index contributed by atoms with van der Waals surface area (Å²) in [5, 5.41) is 10.3. The van der Waals surface area contributed by atoms with E-state index in [2.05, 4.69) is 0 Å². The standard InChI is InChI=1S/C32H42O8/c1-16(2)9-8-10-21(30(37)38)27-23-13-12-22-20-11-14-24(35)17(3)26(20)28(40-19(5)34)29(36)32(22,7)31(23,6)15-25(27)39-18(4)33/h9,11,14,17,20,22-23,25-26,28H,8,10,12-13,15H2,1-7H3,(H,37,38)/t17?,20-,22-,23-,25?,26?,28?,31-,32+/m1/s1. The summed E-state index contributed by atoms with van der Waals surface area (Å²) in [6.45, 7) is 12.2. The first kappa shape index (κ1) is 29.9. The van der Waals surface area contributed by atoms with Crippen LogP contribution < -0.4 is 0 Å². The van der Waals surface area contributed by atoms with Gasteiger partial charge in [0, 0.05) is 36.7 Å². The maximum absolute atomic E-state index is 14.6. The molecule has 0 amide bonds. The molecule has 0 aromatic rings. The Morgan fingerprint density at radius 1 is 1.05 bits per heavy atom. The maximum Gasteiger partial charge on any atom is 0.331 e. The summed E-state index contributed by atoms with van der Waals surface area (Å²) < 4.78 is 11.5. The number of ether oxygens (including phenoxy) is 2. The third kappa shape index (κ3) is 4.67. The quantitative estimate of drug-likeness (QED) is 0.276. The van der Waals surface area contributed by atoms with E-state index in [1.54, 1.807) is 13.0 Å². The first-order valence-electron chi connectivity index (χ1n) is 14.4. The van der Waals surface area contributed by atoms with Crippen LogP contribution in [-0.4, -0.2) is 46.8 Å². The Morgan fingerprint density at radius 2 is 1.70 bits per heavy atom. The molecule has 0 spiro atoms. The minimum Gasteiger partial charge on any atom is -0.478 e. The van der Waals surface area contributed by atoms with Crippen molar-refractivity contribution in [2.45, 2.75) is 92.8 Å². The molecule has 0 radical (unpaired) electrons. The van der Waals surface area contributed by atoms with E-state index in [0.717, 1.165) is 5.57 Å². The topological polar surface area (TPSA) is 124 Å². The third-order valence-electron chi connectivity index (χ3n) is 10.5. The predicted octanol–water partition coefficient (Wildman–Crippen LogP) is 5.01. The van der Waals surface area contributed by atoms with E-state index in [1.165, 1.54) is 13.8 Å². The van der Waals surface area contributed by atoms with Crippen molar-refractivity contribution in [2.24, 2.45) is 40.4 Å². The fourth-order valence-corrected chi connectivity index (χ4v) is 8.60. The molecule has 4 aliphatic carbocycles. The average molecular weight is 555 g/mol. The van der Waals surface area contributed by atoms with Crippen LogP contribution in [-0.2, 0) is 33.4 Å². The number of carbonyl (C=O) groups is 5. The number of esters is 2. The van der Waals surface area contributed by atoms with E-state index in [9.17, 15) is 29.1 Å². The summed E-state index contributed by atoms with van der Waals surface area (Å²) in [6.07, 6.45) is 6.02. The van der Waals surface area contributed by atoms with E-state index in [1.807, 2.05) is 39.8 Å². The smallest absolute Gasteiger partial charge is 0.331 e. The minimum atomic E-state index is -1.08. The van der Waals surface area contributed by atoms with Gasteiger partial charge in [0.1, 0.15) is 6.10 Å². The van der Waals surface area contributed by atoms with Crippen LogP contribution in [0.1, 0.15) is 80.6 Å². The monoisotopic (exact) mass is 554 g/mol. The Balaban J connectivity index is 1.89. The van der Waals surface area contributed by atoms with Gasteiger partial charge in [-0.1, -0.05) is 38.5 Å². The third-order valence-corrected chi connectivity index (χ3v) is 10.5. The van der Waals surface area contributed by atoms with Gasteiger partial charge in [-0.15, -0.1) is 0 Å². The van der Waals surface area contributed by atoms with Gasteiger partial charge in [-0.25, -0.2) is 4.79 Å². The molecule has 4 rings (SSSR count). The highest BCUT2D eigenvalue weighted by molar-refractivity contribution is 5.97. The van der Waals surface area contributed by atoms with Gasteiger partial charge >= 0.3 is 17.9 Å². The van der Waals surface area contributed by atoms with Crippen LogP contribution in [0.2, 0.25) is 0 Å². The summed E-state index contributed by atoms with van der Waals surface area (Å²) in [5.74, 6) is -3.96. The molecule has 0 saturated heterocycles. The summed E-state index contributed by atoms with van der Waals surface area (Å²) in [7, 11) is 0. The Kier molecular flexibility index (Phi) is 8.05. The number of carbonyl (C=O) groups excluding carboxylic acids is 4. The van der Waals surface area contributed by atoms with Gasteiger partial charge in [0.05, 0.1) is 0 Å². The normalized spacial score (nSPS) is 39.4. The number of hydrogen-bond acceptors (Lipinski definition) is 7. The van der Waals surface area contributed by atoms with Gasteiger partial charge < -0.3 is 14.6 Å². The molecule has 3 fully saturated rings. The first-order chi connectivity index (χ1) is 18.6. The molecule has 4 unspecified atom stereocenters. The zero-order valence-corrected chi connectivity index (χ0v) is 24.6. The second kappa shape index (κ2) is 10.7. The summed E-state index contributed by atoms with van der Waals surface area (Å²) in [5.41, 5.74) is 0.165. The van der Waals surface area contributed by atoms with Crippen molar-refractivity contribution in [1.82, 2.24) is 0 Å². The highest BCUT2D eigenvalue weighted by Gasteiger charge is 2.71. The number of ketones is 2. The van der Waals surface area contributed by atoms with Crippen LogP contribution in [0.15, 0.2) is 34.9 Å². The lowest BCUT2D eigenvalue weighted by Gasteiger charge is -2.62. The molecular formula is C32H42O8. The highest BCUT2D eigenvalue weighted by atomic mass is 16.5. The molecule has 1 N–H and O–H groups in total. The number of aliphatic carboxylic acids is 1. The maximum atomic E-state index is 14.6. The second-order valence-corrected chi connectivity index (χ2v) is 12.8. The van der Waals surface area contributed by atoms with E-state index >= 15 is 0 Å². The van der Waals surface area contributed by atoms with Crippen molar-refractivity contribution in [3.05, 3.63) is 34.9 Å². The molecule has 0 aliphatic heterocycles. The van der Waals surface area contributed by atoms with E-state index in [-0.39, 0.29) is 41.3 Å². The molecule has 4 aliphatic rings. The Labute approximate surface area is 236 Å². The molecule has 0 heterocycles. The molecule has 218 valence electrons. The predicted molar refractivity (Wildman–Crippen MR) is 147 cm³/mol. The molecule has 0 bridgehead atoms. The summed E-state index contributed by atoms with van der Waals surface area (Å²) in [4.78, 5) is 64.4. The van der Waals surface area contributed by atoms with E-state index in [0.29, 0.717) is 31.3 Å². The van der Waals surface area contributed by atoms with Gasteiger partial charge in [-0.05, 0) is 80.8 Å². The highest BCUT2D eigenvalue weighted by Crippen LogP contribution is 2.70. The molecule has 40 heavy (non-hydrogen) atoms. The van der Waals surface area contributed by atoms with Crippen LogP contribution in [0.25, 0.3) is 0 Å². The molecule has 0 aromatic carbocycles. The van der Waals surface area contributed by atoms with Crippen LogP contribution in [0.3, 0.4) is 0 Å². The van der Waals surface area contributed by atoms with Crippen molar-refractivity contribution in [3.8, 4) is 0 Å². The van der Waals surface area contributed by atoms with E-state index in [4.69, 9.17) is 9.47 Å². The van der Waals surface area contributed by atoms with Crippen molar-refractivity contribution < 1.29 is 38.6 Å². The summed E-state index contributed by atoms with van der Waals surface area (Å²) in [6, 6.07) is 0. The van der Waals surface area contributed by atoms with Gasteiger partial charge in [-0.3, -0.25) is 19.2 Å². The molecule has 8 heteroatoms. The molecule has 9 atom stereocenters. The van der Waals surface area contributed by atoms with Crippen LogP contribution in [0.4, 0.5) is 0 Å². The van der Waals surface area contributed by atoms with Crippen LogP contribution in [0.5, 0.6) is 0 Å².